The highest BCUT2D eigenvalue weighted by molar-refractivity contribution is 5.46. The van der Waals surface area contributed by atoms with Gasteiger partial charge in [-0.05, 0) is 42.8 Å². The summed E-state index contributed by atoms with van der Waals surface area (Å²) < 4.78 is 20.4. The lowest BCUT2D eigenvalue weighted by Gasteiger charge is -2.20. The quantitative estimate of drug-likeness (QED) is 0.681. The first-order chi connectivity index (χ1) is 12.5. The Morgan fingerprint density at radius 2 is 2.04 bits per heavy atom. The lowest BCUT2D eigenvalue weighted by molar-refractivity contribution is 0.267. The fourth-order valence-corrected chi connectivity index (χ4v) is 2.96. The number of pyridine rings is 1. The van der Waals surface area contributed by atoms with Gasteiger partial charge in [0.05, 0.1) is 12.8 Å². The van der Waals surface area contributed by atoms with E-state index in [1.54, 1.807) is 22.7 Å². The molecule has 3 rings (SSSR count). The average Bonchev–Trinajstić information content (AvgIpc) is 2.62. The second kappa shape index (κ2) is 7.66. The van der Waals surface area contributed by atoms with Gasteiger partial charge < -0.3 is 4.74 Å². The van der Waals surface area contributed by atoms with Crippen molar-refractivity contribution < 1.29 is 9.13 Å². The summed E-state index contributed by atoms with van der Waals surface area (Å²) in [6.45, 7) is 5.79. The molecule has 2 heterocycles. The van der Waals surface area contributed by atoms with Crippen LogP contribution in [-0.2, 0) is 13.1 Å². The highest BCUT2D eigenvalue weighted by Crippen LogP contribution is 2.19. The molecule has 6 heteroatoms. The van der Waals surface area contributed by atoms with E-state index in [4.69, 9.17) is 4.74 Å². The van der Waals surface area contributed by atoms with Gasteiger partial charge in [-0.1, -0.05) is 19.1 Å². The molecule has 0 fully saturated rings. The molecule has 3 aromatic rings. The predicted molar refractivity (Wildman–Crippen MR) is 98.9 cm³/mol. The molecule has 0 aliphatic rings. The van der Waals surface area contributed by atoms with E-state index < -0.39 is 0 Å². The minimum Gasteiger partial charge on any atom is -0.494 e. The van der Waals surface area contributed by atoms with E-state index in [1.807, 2.05) is 32.0 Å². The molecular formula is C20H22FN3O2. The number of hydrogen-bond donors (Lipinski definition) is 0. The molecule has 0 saturated carbocycles. The van der Waals surface area contributed by atoms with Crippen LogP contribution in [0.5, 0.6) is 5.75 Å². The fourth-order valence-electron chi connectivity index (χ4n) is 2.96. The Bertz CT molecular complexity index is 984. The third-order valence-electron chi connectivity index (χ3n) is 4.39. The molecule has 26 heavy (non-hydrogen) atoms. The number of nitrogens with zero attached hydrogens (tertiary/aromatic N) is 3. The van der Waals surface area contributed by atoms with Crippen molar-refractivity contribution in [2.45, 2.75) is 26.9 Å². The monoisotopic (exact) mass is 355 g/mol. The van der Waals surface area contributed by atoms with E-state index >= 15 is 0 Å². The van der Waals surface area contributed by atoms with Crippen LogP contribution in [0.15, 0.2) is 47.4 Å². The summed E-state index contributed by atoms with van der Waals surface area (Å²) in [6, 6.07) is 10.3. The molecule has 0 spiro atoms. The molecular weight excluding hydrogens is 333 g/mol. The third-order valence-corrected chi connectivity index (χ3v) is 4.39. The summed E-state index contributed by atoms with van der Waals surface area (Å²) in [6.07, 6.45) is 1.72. The second-order valence-electron chi connectivity index (χ2n) is 6.24. The van der Waals surface area contributed by atoms with Crippen molar-refractivity contribution in [3.63, 3.8) is 0 Å². The van der Waals surface area contributed by atoms with Crippen molar-refractivity contribution in [3.05, 3.63) is 75.6 Å². The van der Waals surface area contributed by atoms with E-state index in [1.165, 1.54) is 13.2 Å². The van der Waals surface area contributed by atoms with E-state index in [0.29, 0.717) is 24.4 Å². The number of hydrogen-bond acceptors (Lipinski definition) is 4. The standard InChI is InChI=1S/C20H22FN3O2/c1-4-23(12-15-7-8-18(26-3)17(21)10-15)13-16-11-19(25)24-9-5-6-14(2)20(24)22-16/h5-11H,4,12-13H2,1-3H3. The van der Waals surface area contributed by atoms with Crippen molar-refractivity contribution in [1.29, 1.82) is 0 Å². The summed E-state index contributed by atoms with van der Waals surface area (Å²) in [5.74, 6) is -0.143. The smallest absolute Gasteiger partial charge is 0.258 e. The Morgan fingerprint density at radius 3 is 2.73 bits per heavy atom. The molecule has 0 atom stereocenters. The van der Waals surface area contributed by atoms with E-state index in [2.05, 4.69) is 9.88 Å². The summed E-state index contributed by atoms with van der Waals surface area (Å²) in [5, 5.41) is 0. The SMILES string of the molecule is CCN(Cc1ccc(OC)c(F)c1)Cc1cc(=O)n2cccc(C)c2n1. The summed E-state index contributed by atoms with van der Waals surface area (Å²) >= 11 is 0. The zero-order chi connectivity index (χ0) is 18.7. The summed E-state index contributed by atoms with van der Waals surface area (Å²) in [5.41, 5.74) is 3.08. The van der Waals surface area contributed by atoms with Crippen LogP contribution in [0.25, 0.3) is 5.65 Å². The van der Waals surface area contributed by atoms with Gasteiger partial charge in [-0.25, -0.2) is 9.37 Å². The third kappa shape index (κ3) is 3.75. The van der Waals surface area contributed by atoms with Gasteiger partial charge in [-0.3, -0.25) is 14.1 Å². The van der Waals surface area contributed by atoms with Gasteiger partial charge >= 0.3 is 0 Å². The molecule has 0 amide bonds. The number of halogens is 1. The van der Waals surface area contributed by atoms with Crippen LogP contribution in [0.4, 0.5) is 4.39 Å². The van der Waals surface area contributed by atoms with Crippen molar-refractivity contribution in [2.75, 3.05) is 13.7 Å². The zero-order valence-corrected chi connectivity index (χ0v) is 15.2. The molecule has 1 aromatic carbocycles. The first kappa shape index (κ1) is 18.1. The second-order valence-corrected chi connectivity index (χ2v) is 6.24. The molecule has 5 nitrogen and oxygen atoms in total. The Kier molecular flexibility index (Phi) is 5.32. The van der Waals surface area contributed by atoms with Gasteiger partial charge in [0.1, 0.15) is 5.65 Å². The van der Waals surface area contributed by atoms with Crippen LogP contribution in [0.1, 0.15) is 23.7 Å². The number of aromatic nitrogens is 2. The Balaban J connectivity index is 1.84. The maximum atomic E-state index is 13.9. The van der Waals surface area contributed by atoms with Gasteiger partial charge in [0.2, 0.25) is 0 Å². The van der Waals surface area contributed by atoms with E-state index in [-0.39, 0.29) is 17.1 Å². The molecule has 0 aliphatic carbocycles. The fraction of sp³-hybridized carbons (Fsp3) is 0.300. The minimum absolute atomic E-state index is 0.0970. The van der Waals surface area contributed by atoms with E-state index in [9.17, 15) is 9.18 Å². The lowest BCUT2D eigenvalue weighted by atomic mass is 10.2. The normalized spacial score (nSPS) is 11.3. The van der Waals surface area contributed by atoms with Crippen LogP contribution in [-0.4, -0.2) is 27.9 Å². The molecule has 0 unspecified atom stereocenters. The van der Waals surface area contributed by atoms with Crippen LogP contribution < -0.4 is 10.3 Å². The Labute approximate surface area is 151 Å². The van der Waals surface area contributed by atoms with Crippen LogP contribution >= 0.6 is 0 Å². The predicted octanol–water partition coefficient (Wildman–Crippen LogP) is 3.17. The highest BCUT2D eigenvalue weighted by Gasteiger charge is 2.11. The maximum Gasteiger partial charge on any atom is 0.258 e. The van der Waals surface area contributed by atoms with Crippen molar-refractivity contribution in [1.82, 2.24) is 14.3 Å². The number of aryl methyl sites for hydroxylation is 1. The molecule has 0 saturated heterocycles. The van der Waals surface area contributed by atoms with Gasteiger partial charge in [-0.15, -0.1) is 0 Å². The number of benzene rings is 1. The Hall–Kier alpha value is -2.73. The molecule has 0 radical (unpaired) electrons. The number of ether oxygens (including phenoxy) is 1. The zero-order valence-electron chi connectivity index (χ0n) is 15.2. The largest absolute Gasteiger partial charge is 0.494 e. The van der Waals surface area contributed by atoms with Gasteiger partial charge in [0.15, 0.2) is 11.6 Å². The van der Waals surface area contributed by atoms with Crippen LogP contribution in [0.2, 0.25) is 0 Å². The van der Waals surface area contributed by atoms with Gasteiger partial charge in [-0.2, -0.15) is 0 Å². The average molecular weight is 355 g/mol. The first-order valence-electron chi connectivity index (χ1n) is 8.54. The molecule has 0 N–H and O–H groups in total. The van der Waals surface area contributed by atoms with Crippen LogP contribution in [0, 0.1) is 12.7 Å². The van der Waals surface area contributed by atoms with E-state index in [0.717, 1.165) is 17.7 Å². The number of fused-ring (bicyclic) bond motifs is 1. The molecule has 136 valence electrons. The first-order valence-corrected chi connectivity index (χ1v) is 8.54. The number of methoxy groups -OCH3 is 1. The maximum absolute atomic E-state index is 13.9. The van der Waals surface area contributed by atoms with Crippen LogP contribution in [0.3, 0.4) is 0 Å². The lowest BCUT2D eigenvalue weighted by Crippen LogP contribution is -2.25. The van der Waals surface area contributed by atoms with Crippen molar-refractivity contribution >= 4 is 5.65 Å². The molecule has 2 aromatic heterocycles. The van der Waals surface area contributed by atoms with Gasteiger partial charge in [0.25, 0.3) is 5.56 Å². The summed E-state index contributed by atoms with van der Waals surface area (Å²) in [4.78, 5) is 19.1. The van der Waals surface area contributed by atoms with Gasteiger partial charge in [0, 0.05) is 25.4 Å². The van der Waals surface area contributed by atoms with Crippen molar-refractivity contribution in [2.24, 2.45) is 0 Å². The Morgan fingerprint density at radius 1 is 1.23 bits per heavy atom. The highest BCUT2D eigenvalue weighted by atomic mass is 19.1. The topological polar surface area (TPSA) is 46.8 Å². The number of rotatable bonds is 6. The van der Waals surface area contributed by atoms with Crippen molar-refractivity contribution in [3.8, 4) is 5.75 Å². The molecule has 0 aliphatic heterocycles. The minimum atomic E-state index is -0.376. The summed E-state index contributed by atoms with van der Waals surface area (Å²) in [7, 11) is 1.45. The molecule has 0 bridgehead atoms.